The predicted molar refractivity (Wildman–Crippen MR) is 130 cm³/mol. The molecule has 3 aromatic rings. The summed E-state index contributed by atoms with van der Waals surface area (Å²) < 4.78 is 0. The largest absolute Gasteiger partial charge is 0.288 e. The van der Waals surface area contributed by atoms with Crippen LogP contribution in [-0.4, -0.2) is 23.9 Å². The molecule has 0 saturated carbocycles. The lowest BCUT2D eigenvalue weighted by molar-refractivity contribution is 0.0976. The molecule has 0 spiro atoms. The zero-order valence-electron chi connectivity index (χ0n) is 18.0. The molecule has 0 saturated heterocycles. The Hall–Kier alpha value is -4.94. The number of hydrogen-bond acceptors (Lipinski definition) is 4. The fourth-order valence-corrected chi connectivity index (χ4v) is 4.34. The van der Waals surface area contributed by atoms with E-state index in [1.165, 1.54) is 9.80 Å². The van der Waals surface area contributed by atoms with Crippen LogP contribution in [0.3, 0.4) is 0 Å². The first-order valence-electron chi connectivity index (χ1n) is 10.7. The minimum Gasteiger partial charge on any atom is -0.288 e. The van der Waals surface area contributed by atoms with Gasteiger partial charge in [0.1, 0.15) is 12.1 Å². The van der Waals surface area contributed by atoms with Crippen molar-refractivity contribution in [1.29, 1.82) is 10.5 Å². The summed E-state index contributed by atoms with van der Waals surface area (Å²) in [6.07, 6.45) is 6.96. The molecule has 6 heteroatoms. The molecule has 0 bridgehead atoms. The summed E-state index contributed by atoms with van der Waals surface area (Å²) in [6, 6.07) is 23.9. The van der Waals surface area contributed by atoms with Gasteiger partial charge in [-0.2, -0.15) is 10.5 Å². The van der Waals surface area contributed by atoms with E-state index in [0.717, 1.165) is 0 Å². The molecule has 5 rings (SSSR count). The van der Waals surface area contributed by atoms with E-state index in [2.05, 4.69) is 12.1 Å². The van der Waals surface area contributed by atoms with E-state index in [9.17, 15) is 20.1 Å². The molecule has 2 unspecified atom stereocenters. The third-order valence-electron chi connectivity index (χ3n) is 5.95. The fourth-order valence-electron chi connectivity index (χ4n) is 4.34. The van der Waals surface area contributed by atoms with Gasteiger partial charge in [0.2, 0.25) is 0 Å². The maximum absolute atomic E-state index is 13.4. The van der Waals surface area contributed by atoms with Gasteiger partial charge in [0.05, 0.1) is 23.5 Å². The highest BCUT2D eigenvalue weighted by atomic mass is 16.2. The van der Waals surface area contributed by atoms with Crippen LogP contribution in [0.5, 0.6) is 0 Å². The predicted octanol–water partition coefficient (Wildman–Crippen LogP) is 4.82. The maximum Gasteiger partial charge on any atom is 0.259 e. The van der Waals surface area contributed by atoms with Crippen LogP contribution in [-0.2, 0) is 0 Å². The number of nitrogens with zero attached hydrogens (tertiary/aromatic N) is 4. The lowest BCUT2D eigenvalue weighted by atomic mass is 9.92. The summed E-state index contributed by atoms with van der Waals surface area (Å²) >= 11 is 0. The first-order valence-corrected chi connectivity index (χ1v) is 10.7. The Bertz CT molecular complexity index is 1320. The van der Waals surface area contributed by atoms with Gasteiger partial charge < -0.3 is 0 Å². The molecule has 0 radical (unpaired) electrons. The topological polar surface area (TPSA) is 88.2 Å². The Labute approximate surface area is 196 Å². The van der Waals surface area contributed by atoms with Crippen LogP contribution >= 0.6 is 0 Å². The van der Waals surface area contributed by atoms with Crippen molar-refractivity contribution in [3.05, 3.63) is 107 Å². The van der Waals surface area contributed by atoms with Gasteiger partial charge in [0.25, 0.3) is 11.8 Å². The van der Waals surface area contributed by atoms with Crippen molar-refractivity contribution in [1.82, 2.24) is 0 Å². The van der Waals surface area contributed by atoms with Crippen molar-refractivity contribution in [2.45, 2.75) is 12.1 Å². The number of nitriles is 2. The Balaban J connectivity index is 1.64. The van der Waals surface area contributed by atoms with E-state index >= 15 is 0 Å². The summed E-state index contributed by atoms with van der Waals surface area (Å²) in [4.78, 5) is 29.7. The van der Waals surface area contributed by atoms with Crippen LogP contribution in [0, 0.1) is 22.7 Å². The Morgan fingerprint density at radius 2 is 1.00 bits per heavy atom. The summed E-state index contributed by atoms with van der Waals surface area (Å²) in [5.41, 5.74) is 3.53. The molecule has 34 heavy (non-hydrogen) atoms. The van der Waals surface area contributed by atoms with Gasteiger partial charge in [-0.05, 0) is 48.6 Å². The highest BCUT2D eigenvalue weighted by Gasteiger charge is 2.34. The first kappa shape index (κ1) is 20.9. The lowest BCUT2D eigenvalue weighted by Crippen LogP contribution is -2.42. The van der Waals surface area contributed by atoms with Gasteiger partial charge >= 0.3 is 0 Å². The monoisotopic (exact) mass is 442 g/mol. The maximum atomic E-state index is 13.4. The molecule has 2 amide bonds. The number of anilines is 2. The lowest BCUT2D eigenvalue weighted by Gasteiger charge is -2.35. The second-order valence-electron chi connectivity index (χ2n) is 7.88. The molecular weight excluding hydrogens is 424 g/mol. The second-order valence-corrected chi connectivity index (χ2v) is 7.88. The average Bonchev–Trinajstić information content (AvgIpc) is 2.91. The van der Waals surface area contributed by atoms with Gasteiger partial charge in [0, 0.05) is 22.3 Å². The molecule has 0 fully saturated rings. The third-order valence-corrected chi connectivity index (χ3v) is 5.95. The highest BCUT2D eigenvalue weighted by Crippen LogP contribution is 2.41. The number of carbonyl (C=O) groups excluding carboxylic acids is 2. The van der Waals surface area contributed by atoms with Crippen LogP contribution in [0.2, 0.25) is 0 Å². The molecule has 0 aliphatic carbocycles. The minimum absolute atomic E-state index is 0.287. The van der Waals surface area contributed by atoms with Crippen molar-refractivity contribution in [3.63, 3.8) is 0 Å². The quantitative estimate of drug-likeness (QED) is 0.569. The van der Waals surface area contributed by atoms with E-state index in [1.54, 1.807) is 85.0 Å². The number of fused-ring (bicyclic) bond motifs is 3. The standard InChI is InChI=1S/C28H18N4O2/c29-17-21-11-13-23-24-14-12-22(18-30)32(28(34)20-9-5-2-6-10-20)26(24)16-15-25(23)31(21)27(33)19-7-3-1-4-8-19/h1-16,21-22H. The van der Waals surface area contributed by atoms with E-state index < -0.39 is 12.1 Å². The van der Waals surface area contributed by atoms with Gasteiger partial charge in [-0.1, -0.05) is 48.6 Å². The van der Waals surface area contributed by atoms with E-state index in [1.807, 2.05) is 12.1 Å². The zero-order chi connectivity index (χ0) is 23.7. The normalized spacial score (nSPS) is 17.8. The van der Waals surface area contributed by atoms with Crippen molar-refractivity contribution in [3.8, 4) is 12.1 Å². The van der Waals surface area contributed by atoms with Crippen LogP contribution in [0.15, 0.2) is 84.9 Å². The van der Waals surface area contributed by atoms with Gasteiger partial charge in [-0.25, -0.2) is 0 Å². The molecule has 6 nitrogen and oxygen atoms in total. The van der Waals surface area contributed by atoms with Crippen molar-refractivity contribution >= 4 is 35.3 Å². The fraction of sp³-hybridized carbons (Fsp3) is 0.0714. The molecular formula is C28H18N4O2. The molecule has 2 heterocycles. The summed E-state index contributed by atoms with van der Waals surface area (Å²) in [5, 5.41) is 19.5. The van der Waals surface area contributed by atoms with E-state index in [4.69, 9.17) is 0 Å². The number of carbonyl (C=O) groups is 2. The van der Waals surface area contributed by atoms with Gasteiger partial charge in [0.15, 0.2) is 0 Å². The Morgan fingerprint density at radius 1 is 0.618 bits per heavy atom. The summed E-state index contributed by atoms with van der Waals surface area (Å²) in [6.45, 7) is 0. The zero-order valence-corrected chi connectivity index (χ0v) is 18.0. The summed E-state index contributed by atoms with van der Waals surface area (Å²) in [7, 11) is 0. The molecule has 2 aliphatic rings. The number of amides is 2. The number of rotatable bonds is 2. The van der Waals surface area contributed by atoms with E-state index in [0.29, 0.717) is 33.6 Å². The average molecular weight is 442 g/mol. The number of hydrogen-bond donors (Lipinski definition) is 0. The van der Waals surface area contributed by atoms with Gasteiger partial charge in [-0.15, -0.1) is 0 Å². The molecule has 0 N–H and O–H groups in total. The van der Waals surface area contributed by atoms with Crippen LogP contribution < -0.4 is 9.80 Å². The molecule has 2 atom stereocenters. The number of benzene rings is 3. The molecule has 2 aliphatic heterocycles. The summed E-state index contributed by atoms with van der Waals surface area (Å²) in [5.74, 6) is -0.575. The Morgan fingerprint density at radius 3 is 1.35 bits per heavy atom. The molecule has 0 aromatic heterocycles. The van der Waals surface area contributed by atoms with Crippen LogP contribution in [0.4, 0.5) is 11.4 Å². The smallest absolute Gasteiger partial charge is 0.259 e. The van der Waals surface area contributed by atoms with Crippen LogP contribution in [0.25, 0.3) is 12.2 Å². The van der Waals surface area contributed by atoms with Gasteiger partial charge in [-0.3, -0.25) is 19.4 Å². The SMILES string of the molecule is N#CC1C=Cc2c(ccc3c2C=CC(C#N)N3C(=O)c2ccccc2)N1C(=O)c1ccccc1. The van der Waals surface area contributed by atoms with Crippen molar-refractivity contribution in [2.75, 3.05) is 9.80 Å². The van der Waals surface area contributed by atoms with Crippen LogP contribution in [0.1, 0.15) is 31.8 Å². The van der Waals surface area contributed by atoms with E-state index in [-0.39, 0.29) is 11.8 Å². The second kappa shape index (κ2) is 8.54. The minimum atomic E-state index is -0.764. The van der Waals surface area contributed by atoms with Crippen molar-refractivity contribution < 1.29 is 9.59 Å². The van der Waals surface area contributed by atoms with Crippen molar-refractivity contribution in [2.24, 2.45) is 0 Å². The Kier molecular flexibility index (Phi) is 5.26. The highest BCUT2D eigenvalue weighted by molar-refractivity contribution is 6.12. The molecule has 3 aromatic carbocycles. The first-order chi connectivity index (χ1) is 16.6. The third kappa shape index (κ3) is 3.35. The molecule has 162 valence electrons.